The lowest BCUT2D eigenvalue weighted by molar-refractivity contribution is -0.170. The van der Waals surface area contributed by atoms with Crippen LogP contribution in [0.2, 0.25) is 0 Å². The van der Waals surface area contributed by atoms with E-state index in [-0.39, 0.29) is 5.56 Å². The van der Waals surface area contributed by atoms with Crippen molar-refractivity contribution < 1.29 is 27.8 Å². The minimum atomic E-state index is -3.79. The largest absolute Gasteiger partial charge is 0.444 e. The highest BCUT2D eigenvalue weighted by molar-refractivity contribution is 5.68. The number of aliphatic hydroxyl groups is 1. The molecule has 0 bridgehead atoms. The lowest BCUT2D eigenvalue weighted by Crippen LogP contribution is -2.41. The smallest absolute Gasteiger partial charge is 0.408 e. The monoisotopic (exact) mass is 347 g/mol. The Morgan fingerprint density at radius 2 is 1.75 bits per heavy atom. The summed E-state index contributed by atoms with van der Waals surface area (Å²) in [5, 5.41) is 12.0. The van der Waals surface area contributed by atoms with E-state index in [2.05, 4.69) is 5.32 Å². The van der Waals surface area contributed by atoms with E-state index in [1.165, 1.54) is 19.1 Å². The van der Waals surface area contributed by atoms with E-state index >= 15 is 0 Å². The van der Waals surface area contributed by atoms with Crippen LogP contribution in [-0.2, 0) is 10.7 Å². The number of ether oxygens (including phenoxy) is 1. The van der Waals surface area contributed by atoms with Crippen molar-refractivity contribution in [1.29, 1.82) is 0 Å². The van der Waals surface area contributed by atoms with Gasteiger partial charge in [-0.2, -0.15) is 8.78 Å². The number of hydrogen-bond acceptors (Lipinski definition) is 3. The first kappa shape index (κ1) is 20.3. The molecule has 136 valence electrons. The summed E-state index contributed by atoms with van der Waals surface area (Å²) in [6, 6.07) is 2.57. The second kappa shape index (κ2) is 6.63. The third kappa shape index (κ3) is 4.63. The van der Waals surface area contributed by atoms with Crippen molar-refractivity contribution in [3.63, 3.8) is 0 Å². The number of rotatable bonds is 4. The third-order valence-electron chi connectivity index (χ3n) is 3.33. The lowest BCUT2D eigenvalue weighted by atomic mass is 9.91. The van der Waals surface area contributed by atoms with Crippen molar-refractivity contribution in [3.8, 4) is 0 Å². The molecule has 0 fully saturated rings. The number of carbonyl (C=O) groups is 1. The van der Waals surface area contributed by atoms with Gasteiger partial charge in [-0.3, -0.25) is 0 Å². The van der Waals surface area contributed by atoms with Crippen LogP contribution in [0.5, 0.6) is 0 Å². The van der Waals surface area contributed by atoms with E-state index in [0.717, 1.165) is 19.9 Å². The lowest BCUT2D eigenvalue weighted by Gasteiger charge is -2.30. The first-order valence-electron chi connectivity index (χ1n) is 7.55. The Kier molecular flexibility index (Phi) is 5.60. The van der Waals surface area contributed by atoms with Gasteiger partial charge in [0, 0.05) is 5.56 Å². The average Bonchev–Trinajstić information content (AvgIpc) is 2.34. The van der Waals surface area contributed by atoms with Gasteiger partial charge in [0.15, 0.2) is 0 Å². The van der Waals surface area contributed by atoms with Gasteiger partial charge >= 0.3 is 12.0 Å². The Labute approximate surface area is 140 Å². The minimum absolute atomic E-state index is 0.123. The summed E-state index contributed by atoms with van der Waals surface area (Å²) in [7, 11) is 0. The van der Waals surface area contributed by atoms with E-state index in [4.69, 9.17) is 4.74 Å². The molecule has 0 aliphatic heterocycles. The minimum Gasteiger partial charge on any atom is -0.444 e. The average molecular weight is 347 g/mol. The van der Waals surface area contributed by atoms with Gasteiger partial charge in [0.1, 0.15) is 17.0 Å². The molecule has 0 saturated carbocycles. The molecular formula is C17H24F3NO3. The topological polar surface area (TPSA) is 58.6 Å². The van der Waals surface area contributed by atoms with Gasteiger partial charge in [-0.1, -0.05) is 12.1 Å². The van der Waals surface area contributed by atoms with Crippen molar-refractivity contribution in [2.24, 2.45) is 0 Å². The molecule has 0 spiro atoms. The van der Waals surface area contributed by atoms with Crippen LogP contribution >= 0.6 is 0 Å². The zero-order valence-electron chi connectivity index (χ0n) is 14.7. The maximum atomic E-state index is 14.6. The van der Waals surface area contributed by atoms with Crippen LogP contribution in [0.25, 0.3) is 0 Å². The Balaban J connectivity index is 3.11. The molecule has 0 radical (unpaired) electrons. The fraction of sp³-hybridized carbons (Fsp3) is 0.588. The molecule has 0 aliphatic rings. The molecule has 1 aromatic carbocycles. The second-order valence-electron chi connectivity index (χ2n) is 7.21. The summed E-state index contributed by atoms with van der Waals surface area (Å²) in [5.41, 5.74) is -4.22. The summed E-state index contributed by atoms with van der Waals surface area (Å²) >= 11 is 0. The first-order valence-corrected chi connectivity index (χ1v) is 7.55. The van der Waals surface area contributed by atoms with Crippen molar-refractivity contribution >= 4 is 6.09 Å². The third-order valence-corrected chi connectivity index (χ3v) is 3.33. The highest BCUT2D eigenvalue weighted by Gasteiger charge is 2.49. The Morgan fingerprint density at radius 3 is 2.21 bits per heavy atom. The molecular weight excluding hydrogens is 323 g/mol. The molecule has 1 atom stereocenters. The van der Waals surface area contributed by atoms with Crippen molar-refractivity contribution in [3.05, 3.63) is 35.1 Å². The number of halogens is 3. The van der Waals surface area contributed by atoms with Crippen LogP contribution in [-0.4, -0.2) is 22.4 Å². The van der Waals surface area contributed by atoms with Gasteiger partial charge in [-0.15, -0.1) is 0 Å². The molecule has 0 unspecified atom stereocenters. The molecule has 4 nitrogen and oxygen atoms in total. The van der Waals surface area contributed by atoms with E-state index in [1.54, 1.807) is 20.8 Å². The van der Waals surface area contributed by atoms with E-state index < -0.39 is 40.6 Å². The predicted molar refractivity (Wildman–Crippen MR) is 84.4 cm³/mol. The fourth-order valence-corrected chi connectivity index (χ4v) is 2.02. The Morgan fingerprint density at radius 1 is 1.21 bits per heavy atom. The Hall–Kier alpha value is -1.76. The number of nitrogens with one attached hydrogen (secondary N) is 1. The maximum Gasteiger partial charge on any atom is 0.408 e. The predicted octanol–water partition coefficient (Wildman–Crippen LogP) is 4.27. The number of alkyl carbamates (subject to hydrolysis) is 1. The normalized spacial score (nSPS) is 14.2. The van der Waals surface area contributed by atoms with Crippen molar-refractivity contribution in [2.75, 3.05) is 0 Å². The molecule has 0 aliphatic carbocycles. The zero-order valence-corrected chi connectivity index (χ0v) is 14.7. The SMILES string of the molecule is C[C@@H](NC(=O)OC(C)(C)C)c1cccc(C(F)(F)C(C)(C)O)c1F. The van der Waals surface area contributed by atoms with Gasteiger partial charge in [-0.05, 0) is 47.6 Å². The summed E-state index contributed by atoms with van der Waals surface area (Å²) in [4.78, 5) is 11.8. The molecule has 1 aromatic rings. The summed E-state index contributed by atoms with van der Waals surface area (Å²) in [6.07, 6.45) is -0.783. The van der Waals surface area contributed by atoms with Crippen molar-refractivity contribution in [2.45, 2.75) is 64.7 Å². The van der Waals surface area contributed by atoms with Gasteiger partial charge in [-0.25, -0.2) is 9.18 Å². The quantitative estimate of drug-likeness (QED) is 0.855. The summed E-state index contributed by atoms with van der Waals surface area (Å²) in [5.74, 6) is -4.97. The number of alkyl halides is 2. The van der Waals surface area contributed by atoms with Crippen LogP contribution in [0, 0.1) is 5.82 Å². The van der Waals surface area contributed by atoms with Crippen LogP contribution in [0.4, 0.5) is 18.0 Å². The van der Waals surface area contributed by atoms with Gasteiger partial charge in [0.2, 0.25) is 0 Å². The molecule has 1 rings (SSSR count). The maximum absolute atomic E-state index is 14.6. The van der Waals surface area contributed by atoms with E-state index in [1.807, 2.05) is 0 Å². The summed E-state index contributed by atoms with van der Waals surface area (Å²) in [6.45, 7) is 8.27. The molecule has 1 amide bonds. The fourth-order valence-electron chi connectivity index (χ4n) is 2.02. The number of hydrogen-bond donors (Lipinski definition) is 2. The van der Waals surface area contributed by atoms with E-state index in [9.17, 15) is 23.1 Å². The molecule has 7 heteroatoms. The van der Waals surface area contributed by atoms with Gasteiger partial charge in [0.05, 0.1) is 11.6 Å². The van der Waals surface area contributed by atoms with Gasteiger partial charge < -0.3 is 15.2 Å². The number of amides is 1. The highest BCUT2D eigenvalue weighted by Crippen LogP contribution is 2.41. The molecule has 24 heavy (non-hydrogen) atoms. The highest BCUT2D eigenvalue weighted by atomic mass is 19.3. The molecule has 0 aromatic heterocycles. The zero-order chi connectivity index (χ0) is 18.9. The van der Waals surface area contributed by atoms with Crippen LogP contribution in [0.1, 0.15) is 58.7 Å². The second-order valence-corrected chi connectivity index (χ2v) is 7.21. The molecule has 2 N–H and O–H groups in total. The first-order chi connectivity index (χ1) is 10.7. The van der Waals surface area contributed by atoms with Gasteiger partial charge in [0.25, 0.3) is 0 Å². The van der Waals surface area contributed by atoms with Crippen LogP contribution < -0.4 is 5.32 Å². The standard InChI is InChI=1S/C17H24F3NO3/c1-10(21-14(22)24-15(2,3)4)11-8-7-9-12(13(11)18)17(19,20)16(5,6)23/h7-10,23H,1-6H3,(H,21,22)/t10-/m1/s1. The van der Waals surface area contributed by atoms with E-state index in [0.29, 0.717) is 0 Å². The van der Waals surface area contributed by atoms with Crippen LogP contribution in [0.3, 0.4) is 0 Å². The number of carbonyl (C=O) groups excluding carboxylic acids is 1. The van der Waals surface area contributed by atoms with Crippen molar-refractivity contribution in [1.82, 2.24) is 5.32 Å². The molecule has 0 heterocycles. The number of benzene rings is 1. The Bertz CT molecular complexity index is 604. The molecule has 0 saturated heterocycles. The van der Waals surface area contributed by atoms with Crippen LogP contribution in [0.15, 0.2) is 18.2 Å². The summed E-state index contributed by atoms with van der Waals surface area (Å²) < 4.78 is 48.1.